The summed E-state index contributed by atoms with van der Waals surface area (Å²) >= 11 is 0. The summed E-state index contributed by atoms with van der Waals surface area (Å²) in [5.74, 6) is -3.16. The second-order valence-electron chi connectivity index (χ2n) is 19.9. The summed E-state index contributed by atoms with van der Waals surface area (Å²) in [6.07, 6.45) is -17.5. The lowest BCUT2D eigenvalue weighted by Gasteiger charge is -2.49. The molecule has 6 heterocycles. The average molecular weight is 979 g/mol. The number of aliphatic hydroxyl groups excluding tert-OH is 6. The van der Waals surface area contributed by atoms with Crippen molar-refractivity contribution in [3.8, 4) is 0 Å². The van der Waals surface area contributed by atoms with Crippen LogP contribution in [0.15, 0.2) is 0 Å². The van der Waals surface area contributed by atoms with Crippen molar-refractivity contribution in [3.05, 3.63) is 0 Å². The monoisotopic (exact) mass is 979 g/mol. The molecule has 0 aromatic rings. The molecule has 0 aromatic carbocycles. The van der Waals surface area contributed by atoms with Gasteiger partial charge in [-0.25, -0.2) is 0 Å². The Bertz CT molecular complexity index is 1550. The molecule has 0 amide bonds. The molecular formula is C48H82O20. The highest BCUT2D eigenvalue weighted by molar-refractivity contribution is 5.72. The lowest BCUT2D eigenvalue weighted by Crippen LogP contribution is -2.67. The maximum absolute atomic E-state index is 13.5. The summed E-state index contributed by atoms with van der Waals surface area (Å²) in [5, 5.41) is 68.9. The number of carbonyl (C=O) groups is 3. The summed E-state index contributed by atoms with van der Waals surface area (Å²) in [4.78, 5) is 39.1. The Balaban J connectivity index is 1.36. The zero-order valence-corrected chi connectivity index (χ0v) is 41.4. The van der Waals surface area contributed by atoms with Gasteiger partial charge in [0.05, 0.1) is 42.4 Å². The smallest absolute Gasteiger partial charge is 0.308 e. The largest absolute Gasteiger partial charge is 0.457 e. The van der Waals surface area contributed by atoms with Crippen LogP contribution in [0.5, 0.6) is 0 Å². The minimum atomic E-state index is -1.81. The maximum atomic E-state index is 13.5. The summed E-state index contributed by atoms with van der Waals surface area (Å²) in [6, 6.07) is 0. The number of rotatable bonds is 12. The van der Waals surface area contributed by atoms with E-state index in [9.17, 15) is 45.0 Å². The molecule has 394 valence electrons. The molecule has 20 nitrogen and oxygen atoms in total. The Morgan fingerprint density at radius 3 is 1.71 bits per heavy atom. The predicted octanol–water partition coefficient (Wildman–Crippen LogP) is 2.82. The molecule has 6 fully saturated rings. The van der Waals surface area contributed by atoms with E-state index in [0.717, 1.165) is 70.6 Å². The van der Waals surface area contributed by atoms with Crippen LogP contribution in [0.2, 0.25) is 0 Å². The van der Waals surface area contributed by atoms with E-state index in [4.69, 9.17) is 52.1 Å². The molecule has 0 unspecified atom stereocenters. The number of hydrogen-bond donors (Lipinski definition) is 6. The molecule has 6 aliphatic heterocycles. The van der Waals surface area contributed by atoms with Gasteiger partial charge in [0.2, 0.25) is 0 Å². The third kappa shape index (κ3) is 14.7. The summed E-state index contributed by atoms with van der Waals surface area (Å²) in [7, 11) is 0. The first kappa shape index (κ1) is 56.8. The van der Waals surface area contributed by atoms with Gasteiger partial charge in [-0.1, -0.05) is 92.4 Å². The van der Waals surface area contributed by atoms with Crippen molar-refractivity contribution in [3.63, 3.8) is 0 Å². The van der Waals surface area contributed by atoms with Crippen molar-refractivity contribution >= 4 is 17.9 Å². The number of ether oxygens (including phenoxy) is 11. The number of carbonyl (C=O) groups excluding carboxylic acids is 3. The first-order valence-corrected chi connectivity index (χ1v) is 25.2. The lowest BCUT2D eigenvalue weighted by molar-refractivity contribution is -0.383. The second kappa shape index (κ2) is 26.5. The molecule has 68 heavy (non-hydrogen) atoms. The standard InChI is InChI=1S/C48H82O20/c1-10-11-17-20-29-21-18-15-13-12-14-16-19-22-30(49)63-41-35(54)47(66-38-26(7)58-45(62-29)33(52)32(38)51)60-27(8)39(41)68-48-36(55)42(65-44(57)24(4)5)40(28(9)61-48)67-46-34(53)31(50)37(25(6)59-46)64-43(56)23(2)3/h23-29,31-42,45-48,50-55H,10-22H2,1-9H3/t25-,26-,27-,28-,29+,31-,32+,33+,34-,35+,36-,37-,38-,39-,40-,41+,42-,45-,46+,47-,48+/m0/s1. The van der Waals surface area contributed by atoms with Gasteiger partial charge in [0.25, 0.3) is 0 Å². The van der Waals surface area contributed by atoms with Crippen LogP contribution in [-0.4, -0.2) is 177 Å². The van der Waals surface area contributed by atoms with Gasteiger partial charge in [0.15, 0.2) is 43.5 Å². The van der Waals surface area contributed by atoms with Crippen LogP contribution in [-0.2, 0) is 66.5 Å². The molecule has 6 aliphatic rings. The average Bonchev–Trinajstić information content (AvgIpc) is 3.28. The van der Waals surface area contributed by atoms with Gasteiger partial charge in [-0.05, 0) is 47.0 Å². The lowest BCUT2D eigenvalue weighted by atomic mass is 9.95. The zero-order chi connectivity index (χ0) is 50.0. The quantitative estimate of drug-likeness (QED) is 0.0932. The highest BCUT2D eigenvalue weighted by Crippen LogP contribution is 2.37. The topological polar surface area (TPSA) is 274 Å². The zero-order valence-electron chi connectivity index (χ0n) is 41.4. The summed E-state index contributed by atoms with van der Waals surface area (Å²) in [5.41, 5.74) is 0. The van der Waals surface area contributed by atoms with Crippen LogP contribution in [0, 0.1) is 11.8 Å². The minimum Gasteiger partial charge on any atom is -0.457 e. The number of hydrogen-bond acceptors (Lipinski definition) is 20. The van der Waals surface area contributed by atoms with E-state index >= 15 is 0 Å². The van der Waals surface area contributed by atoms with Crippen LogP contribution < -0.4 is 0 Å². The van der Waals surface area contributed by atoms with E-state index in [1.807, 2.05) is 0 Å². The van der Waals surface area contributed by atoms with Crippen LogP contribution in [0.25, 0.3) is 0 Å². The van der Waals surface area contributed by atoms with E-state index in [1.54, 1.807) is 41.5 Å². The summed E-state index contributed by atoms with van der Waals surface area (Å²) in [6.45, 7) is 14.8. The maximum Gasteiger partial charge on any atom is 0.308 e. The fraction of sp³-hybridized carbons (Fsp3) is 0.938. The predicted molar refractivity (Wildman–Crippen MR) is 238 cm³/mol. The Morgan fingerprint density at radius 2 is 1.07 bits per heavy atom. The molecule has 6 saturated heterocycles. The first-order valence-electron chi connectivity index (χ1n) is 25.2. The van der Waals surface area contributed by atoms with Crippen molar-refractivity contribution in [2.24, 2.45) is 11.8 Å². The molecule has 21 atom stereocenters. The minimum absolute atomic E-state index is 0.0302. The molecule has 0 aliphatic carbocycles. The van der Waals surface area contributed by atoms with E-state index in [0.29, 0.717) is 6.42 Å². The van der Waals surface area contributed by atoms with Crippen molar-refractivity contribution in [2.45, 2.75) is 275 Å². The first-order chi connectivity index (χ1) is 32.2. The molecule has 0 radical (unpaired) electrons. The normalized spacial score (nSPS) is 42.8. The van der Waals surface area contributed by atoms with Gasteiger partial charge in [0, 0.05) is 6.42 Å². The third-order valence-electron chi connectivity index (χ3n) is 13.5. The van der Waals surface area contributed by atoms with Crippen LogP contribution in [0.1, 0.15) is 146 Å². The summed E-state index contributed by atoms with van der Waals surface area (Å²) < 4.78 is 66.6. The molecule has 20 heteroatoms. The van der Waals surface area contributed by atoms with Gasteiger partial charge >= 0.3 is 17.9 Å². The van der Waals surface area contributed by atoms with Crippen LogP contribution >= 0.6 is 0 Å². The SMILES string of the molecule is CCCCC[C@@H]1CCCCCCCCCC(=O)O[C@@H]2[C@@H](O)[C@H](O[C@@H]3[C@H](O)[C@@H](O)[C@H](O1)O[C@H]3C)O[C@@H](C)[C@@H]2O[C@H]1O[C@@H](C)[C@H](O[C@H]2O[C@@H](C)[C@H](OC(=O)C(C)C)[C@@H](O)[C@@H]2O)[C@@H](OC(=O)C(C)C)[C@@H]1O. The van der Waals surface area contributed by atoms with E-state index in [1.165, 1.54) is 13.8 Å². The number of esters is 3. The van der Waals surface area contributed by atoms with Crippen molar-refractivity contribution in [2.75, 3.05) is 0 Å². The number of aliphatic hydroxyl groups is 6. The number of fused-ring (bicyclic) bond motifs is 14. The van der Waals surface area contributed by atoms with Crippen molar-refractivity contribution in [1.29, 1.82) is 0 Å². The highest BCUT2D eigenvalue weighted by atomic mass is 16.8. The Kier molecular flexibility index (Phi) is 22.1. The molecule has 0 aromatic heterocycles. The van der Waals surface area contributed by atoms with Gasteiger partial charge < -0.3 is 82.7 Å². The fourth-order valence-electron chi connectivity index (χ4n) is 9.27. The molecule has 0 saturated carbocycles. The Hall–Kier alpha value is -2.15. The molecule has 4 bridgehead atoms. The van der Waals surface area contributed by atoms with Gasteiger partial charge in [-0.15, -0.1) is 0 Å². The molecule has 6 N–H and O–H groups in total. The van der Waals surface area contributed by atoms with E-state index < -0.39 is 153 Å². The van der Waals surface area contributed by atoms with Gasteiger partial charge in [0.1, 0.15) is 54.9 Å². The van der Waals surface area contributed by atoms with E-state index in [2.05, 4.69) is 6.92 Å². The third-order valence-corrected chi connectivity index (χ3v) is 13.5. The van der Waals surface area contributed by atoms with Crippen molar-refractivity contribution in [1.82, 2.24) is 0 Å². The van der Waals surface area contributed by atoms with Crippen LogP contribution in [0.4, 0.5) is 0 Å². The molecular weight excluding hydrogens is 897 g/mol. The molecule has 6 rings (SSSR count). The highest BCUT2D eigenvalue weighted by Gasteiger charge is 2.56. The Morgan fingerprint density at radius 1 is 0.544 bits per heavy atom. The number of unbranched alkanes of at least 4 members (excludes halogenated alkanes) is 2. The second-order valence-corrected chi connectivity index (χ2v) is 19.9. The Labute approximate surface area is 400 Å². The van der Waals surface area contributed by atoms with E-state index in [-0.39, 0.29) is 12.5 Å². The molecule has 0 spiro atoms. The van der Waals surface area contributed by atoms with Crippen molar-refractivity contribution < 1.29 is 97.1 Å². The van der Waals surface area contributed by atoms with Crippen LogP contribution in [0.3, 0.4) is 0 Å². The van der Waals surface area contributed by atoms with Gasteiger partial charge in [-0.3, -0.25) is 14.4 Å². The van der Waals surface area contributed by atoms with Gasteiger partial charge in [-0.2, -0.15) is 0 Å². The fourth-order valence-corrected chi connectivity index (χ4v) is 9.27.